The zero-order valence-corrected chi connectivity index (χ0v) is 15.9. The number of nitrogens with zero attached hydrogens (tertiary/aromatic N) is 4. The van der Waals surface area contributed by atoms with Crippen LogP contribution in [0.15, 0.2) is 12.1 Å². The monoisotopic (exact) mass is 371 g/mol. The van der Waals surface area contributed by atoms with Gasteiger partial charge in [-0.25, -0.2) is 14.6 Å². The van der Waals surface area contributed by atoms with Crippen molar-refractivity contribution < 1.29 is 9.59 Å². The highest BCUT2D eigenvalue weighted by Crippen LogP contribution is 2.14. The van der Waals surface area contributed by atoms with E-state index in [0.29, 0.717) is 49.9 Å². The van der Waals surface area contributed by atoms with E-state index in [9.17, 15) is 9.59 Å². The van der Waals surface area contributed by atoms with Crippen LogP contribution in [0.4, 0.5) is 5.82 Å². The largest absolute Gasteiger partial charge is 0.368 e. The van der Waals surface area contributed by atoms with E-state index in [1.165, 1.54) is 0 Å². The Hall–Kier alpha value is -2.97. The predicted molar refractivity (Wildman–Crippen MR) is 101 cm³/mol. The molecule has 1 saturated heterocycles. The van der Waals surface area contributed by atoms with E-state index in [-0.39, 0.29) is 17.7 Å². The Morgan fingerprint density at radius 3 is 2.74 bits per heavy atom. The zero-order chi connectivity index (χ0) is 19.4. The Labute approximate surface area is 158 Å². The van der Waals surface area contributed by atoms with Crippen LogP contribution in [0.5, 0.6) is 0 Å². The number of hydrogen-bond acceptors (Lipinski definition) is 6. The normalized spacial score (nSPS) is 16.7. The number of hydrogen-bond donors (Lipinski definition) is 3. The number of carbonyl (C=O) groups is 2. The maximum absolute atomic E-state index is 12.1. The van der Waals surface area contributed by atoms with Gasteiger partial charge in [-0.2, -0.15) is 5.10 Å². The molecule has 2 aromatic heterocycles. The minimum absolute atomic E-state index is 0.0123. The van der Waals surface area contributed by atoms with E-state index in [2.05, 4.69) is 31.0 Å². The quantitative estimate of drug-likeness (QED) is 0.642. The van der Waals surface area contributed by atoms with E-state index in [4.69, 9.17) is 0 Å². The third kappa shape index (κ3) is 4.81. The topological polar surface area (TPSA) is 114 Å². The Balaban J connectivity index is 1.53. The number of aryl methyl sites for hydroxylation is 3. The Morgan fingerprint density at radius 2 is 2.07 bits per heavy atom. The summed E-state index contributed by atoms with van der Waals surface area (Å²) in [4.78, 5) is 32.1. The first-order valence-electron chi connectivity index (χ1n) is 9.10. The first-order valence-corrected chi connectivity index (χ1v) is 9.10. The van der Waals surface area contributed by atoms with Crippen molar-refractivity contribution in [3.63, 3.8) is 0 Å². The van der Waals surface area contributed by atoms with Crippen molar-refractivity contribution in [2.45, 2.75) is 33.6 Å². The molecule has 3 rings (SSSR count). The number of amides is 2. The molecule has 1 aliphatic heterocycles. The van der Waals surface area contributed by atoms with Crippen LogP contribution >= 0.6 is 0 Å². The van der Waals surface area contributed by atoms with Gasteiger partial charge < -0.3 is 16.0 Å². The van der Waals surface area contributed by atoms with Gasteiger partial charge in [-0.15, -0.1) is 0 Å². The van der Waals surface area contributed by atoms with Crippen molar-refractivity contribution in [1.82, 2.24) is 30.4 Å². The summed E-state index contributed by atoms with van der Waals surface area (Å²) in [6.07, 6.45) is 1.01. The maximum atomic E-state index is 12.1. The van der Waals surface area contributed by atoms with E-state index in [1.807, 2.05) is 32.9 Å². The molecule has 3 heterocycles. The van der Waals surface area contributed by atoms with E-state index < -0.39 is 0 Å². The molecule has 3 N–H and O–H groups in total. The van der Waals surface area contributed by atoms with Crippen LogP contribution in [0.25, 0.3) is 5.82 Å². The van der Waals surface area contributed by atoms with Gasteiger partial charge in [-0.3, -0.25) is 9.59 Å². The second-order valence-electron chi connectivity index (χ2n) is 6.75. The van der Waals surface area contributed by atoms with Crippen LogP contribution in [0.2, 0.25) is 0 Å². The Bertz CT molecular complexity index is 836. The van der Waals surface area contributed by atoms with Crippen molar-refractivity contribution in [3.8, 4) is 5.82 Å². The fraction of sp³-hybridized carbons (Fsp3) is 0.500. The molecule has 1 aliphatic rings. The third-order valence-corrected chi connectivity index (χ3v) is 4.42. The van der Waals surface area contributed by atoms with Gasteiger partial charge in [0.2, 0.25) is 11.8 Å². The van der Waals surface area contributed by atoms with Crippen molar-refractivity contribution >= 4 is 17.6 Å². The van der Waals surface area contributed by atoms with E-state index in [0.717, 1.165) is 11.4 Å². The molecule has 144 valence electrons. The lowest BCUT2D eigenvalue weighted by molar-refractivity contribution is -0.128. The first-order chi connectivity index (χ1) is 12.9. The molecular formula is C18H25N7O2. The molecule has 0 aliphatic carbocycles. The molecule has 0 unspecified atom stereocenters. The lowest BCUT2D eigenvalue weighted by Gasteiger charge is -2.21. The van der Waals surface area contributed by atoms with Crippen LogP contribution in [0.3, 0.4) is 0 Å². The maximum Gasteiger partial charge on any atom is 0.224 e. The lowest BCUT2D eigenvalue weighted by Crippen LogP contribution is -2.43. The average Bonchev–Trinajstić information content (AvgIpc) is 2.97. The van der Waals surface area contributed by atoms with Crippen molar-refractivity contribution in [3.05, 3.63) is 29.3 Å². The summed E-state index contributed by atoms with van der Waals surface area (Å²) in [6, 6.07) is 3.83. The van der Waals surface area contributed by atoms with Crippen LogP contribution in [-0.4, -0.2) is 51.2 Å². The minimum Gasteiger partial charge on any atom is -0.368 e. The second-order valence-corrected chi connectivity index (χ2v) is 6.75. The van der Waals surface area contributed by atoms with E-state index in [1.54, 1.807) is 4.68 Å². The fourth-order valence-corrected chi connectivity index (χ4v) is 3.09. The van der Waals surface area contributed by atoms with Gasteiger partial charge in [0, 0.05) is 37.8 Å². The van der Waals surface area contributed by atoms with Gasteiger partial charge in [-0.1, -0.05) is 0 Å². The molecule has 2 aromatic rings. The third-order valence-electron chi connectivity index (χ3n) is 4.42. The van der Waals surface area contributed by atoms with Gasteiger partial charge in [-0.05, 0) is 33.3 Å². The van der Waals surface area contributed by atoms with Crippen molar-refractivity contribution in [2.75, 3.05) is 25.0 Å². The van der Waals surface area contributed by atoms with Gasteiger partial charge >= 0.3 is 0 Å². The SMILES string of the molecule is Cc1cc(C)n(-c2cc(NCCNC(=O)[C@H]3CCC(=O)NC3)nc(C)n2)n1. The summed E-state index contributed by atoms with van der Waals surface area (Å²) in [5.74, 6) is 1.87. The van der Waals surface area contributed by atoms with Crippen LogP contribution in [0, 0.1) is 26.7 Å². The number of anilines is 1. The molecule has 1 atom stereocenters. The number of rotatable bonds is 6. The molecular weight excluding hydrogens is 346 g/mol. The second kappa shape index (κ2) is 8.15. The highest BCUT2D eigenvalue weighted by molar-refractivity contribution is 5.83. The smallest absolute Gasteiger partial charge is 0.224 e. The molecule has 9 heteroatoms. The van der Waals surface area contributed by atoms with Crippen molar-refractivity contribution in [1.29, 1.82) is 0 Å². The molecule has 2 amide bonds. The van der Waals surface area contributed by atoms with Crippen LogP contribution < -0.4 is 16.0 Å². The number of nitrogens with one attached hydrogen (secondary N) is 3. The summed E-state index contributed by atoms with van der Waals surface area (Å²) in [6.45, 7) is 7.18. The molecule has 0 bridgehead atoms. The molecule has 27 heavy (non-hydrogen) atoms. The van der Waals surface area contributed by atoms with Crippen LogP contribution in [0.1, 0.15) is 30.1 Å². The van der Waals surface area contributed by atoms with E-state index >= 15 is 0 Å². The molecule has 0 radical (unpaired) electrons. The number of carbonyl (C=O) groups excluding carboxylic acids is 2. The summed E-state index contributed by atoms with van der Waals surface area (Å²) in [5, 5.41) is 13.3. The van der Waals surface area contributed by atoms with Gasteiger partial charge in [0.15, 0.2) is 5.82 Å². The number of piperidine rings is 1. The fourth-order valence-electron chi connectivity index (χ4n) is 3.09. The van der Waals surface area contributed by atoms with Gasteiger partial charge in [0.05, 0.1) is 11.6 Å². The van der Waals surface area contributed by atoms with Gasteiger partial charge in [0.1, 0.15) is 11.6 Å². The molecule has 0 aromatic carbocycles. The first kappa shape index (κ1) is 18.8. The number of aromatic nitrogens is 4. The standard InChI is InChI=1S/C18H25N7O2/c1-11-8-12(2)25(24-11)16-9-15(22-13(3)23-16)19-6-7-20-18(27)14-4-5-17(26)21-10-14/h8-9,14H,4-7,10H2,1-3H3,(H,20,27)(H,21,26)(H,19,22,23)/t14-/m0/s1. The predicted octanol–water partition coefficient (Wildman–Crippen LogP) is 0.642. The lowest BCUT2D eigenvalue weighted by atomic mass is 9.98. The molecule has 1 fully saturated rings. The zero-order valence-electron chi connectivity index (χ0n) is 15.9. The summed E-state index contributed by atoms with van der Waals surface area (Å²) in [7, 11) is 0. The Kier molecular flexibility index (Phi) is 5.68. The van der Waals surface area contributed by atoms with Crippen LogP contribution in [-0.2, 0) is 9.59 Å². The molecule has 0 saturated carbocycles. The summed E-state index contributed by atoms with van der Waals surface area (Å²) >= 11 is 0. The van der Waals surface area contributed by atoms with Crippen molar-refractivity contribution in [2.24, 2.45) is 5.92 Å². The Morgan fingerprint density at radius 1 is 1.26 bits per heavy atom. The average molecular weight is 371 g/mol. The van der Waals surface area contributed by atoms with Gasteiger partial charge in [0.25, 0.3) is 0 Å². The highest BCUT2D eigenvalue weighted by atomic mass is 16.2. The summed E-state index contributed by atoms with van der Waals surface area (Å²) < 4.78 is 1.79. The molecule has 0 spiro atoms. The molecule has 9 nitrogen and oxygen atoms in total. The minimum atomic E-state index is -0.151. The summed E-state index contributed by atoms with van der Waals surface area (Å²) in [5.41, 5.74) is 1.93. The highest BCUT2D eigenvalue weighted by Gasteiger charge is 2.23.